The first-order valence-electron chi connectivity index (χ1n) is 9.94. The predicted molar refractivity (Wildman–Crippen MR) is 120 cm³/mol. The van der Waals surface area contributed by atoms with Gasteiger partial charge in [-0.2, -0.15) is 0 Å². The third-order valence-corrected chi connectivity index (χ3v) is 5.66. The Morgan fingerprint density at radius 2 is 1.91 bits per heavy atom. The molecule has 0 saturated carbocycles. The van der Waals surface area contributed by atoms with Crippen molar-refractivity contribution in [2.75, 3.05) is 11.1 Å². The summed E-state index contributed by atoms with van der Waals surface area (Å²) < 4.78 is 56.6. The molecular weight excluding hydrogens is 454 g/mol. The van der Waals surface area contributed by atoms with Gasteiger partial charge in [-0.05, 0) is 31.5 Å². The fourth-order valence-electron chi connectivity index (χ4n) is 2.70. The van der Waals surface area contributed by atoms with Crippen molar-refractivity contribution in [2.45, 2.75) is 32.6 Å². The van der Waals surface area contributed by atoms with Gasteiger partial charge < -0.3 is 14.8 Å². The van der Waals surface area contributed by atoms with E-state index in [1.165, 1.54) is 11.6 Å². The zero-order valence-electron chi connectivity index (χ0n) is 18.5. The molecule has 0 aliphatic heterocycles. The van der Waals surface area contributed by atoms with Gasteiger partial charge in [0.25, 0.3) is 0 Å². The lowest BCUT2D eigenvalue weighted by atomic mass is 10.2. The Hall–Kier alpha value is -3.60. The summed E-state index contributed by atoms with van der Waals surface area (Å²) in [5, 5.41) is 5.49. The summed E-state index contributed by atoms with van der Waals surface area (Å²) in [6.07, 6.45) is 4.63. The lowest BCUT2D eigenvalue weighted by Crippen LogP contribution is -2.23. The fourth-order valence-corrected chi connectivity index (χ4v) is 4.03. The predicted octanol–water partition coefficient (Wildman–Crippen LogP) is 4.57. The van der Waals surface area contributed by atoms with Crippen LogP contribution in [0, 0.1) is 25.5 Å². The molecule has 0 radical (unpaired) electrons. The Labute approximate surface area is 189 Å². The van der Waals surface area contributed by atoms with Crippen LogP contribution in [-0.2, 0) is 14.6 Å². The van der Waals surface area contributed by atoms with Gasteiger partial charge in [0, 0.05) is 30.7 Å². The summed E-state index contributed by atoms with van der Waals surface area (Å²) in [6.45, 7) is 7.63. The number of nitrogens with zero attached hydrogens (tertiary/aromatic N) is 2. The molecule has 0 saturated heterocycles. The highest BCUT2D eigenvalue weighted by molar-refractivity contribution is 7.92. The van der Waals surface area contributed by atoms with Crippen LogP contribution in [0.2, 0.25) is 0 Å². The summed E-state index contributed by atoms with van der Waals surface area (Å²) in [7, 11) is -4.16. The molecule has 0 spiro atoms. The second-order valence-corrected chi connectivity index (χ2v) is 8.58. The molecule has 8 nitrogen and oxygen atoms in total. The maximum absolute atomic E-state index is 13.9. The highest BCUT2D eigenvalue weighted by Crippen LogP contribution is 2.27. The molecule has 4 rings (SSSR count). The third-order valence-electron chi connectivity index (χ3n) is 4.02. The first kappa shape index (κ1) is 25.7. The van der Waals surface area contributed by atoms with E-state index >= 15 is 0 Å². The molecule has 0 atom stereocenters. The van der Waals surface area contributed by atoms with Crippen LogP contribution in [-0.4, -0.2) is 35.2 Å². The van der Waals surface area contributed by atoms with E-state index in [2.05, 4.69) is 20.4 Å². The molecule has 4 aromatic rings. The number of sulfone groups is 1. The molecule has 176 valence electrons. The Morgan fingerprint density at radius 3 is 2.45 bits per heavy atom. The molecule has 0 bridgehead atoms. The van der Waals surface area contributed by atoms with Crippen LogP contribution in [0.5, 0.6) is 0 Å². The molecule has 3 heterocycles. The maximum Gasteiger partial charge on any atom is 0.241 e. The van der Waals surface area contributed by atoms with E-state index in [0.717, 1.165) is 12.3 Å². The number of carbonyl (C=O) groups is 1. The number of anilines is 1. The molecule has 2 N–H and O–H groups in total. The molecule has 3 aromatic heterocycles. The minimum absolute atomic E-state index is 0.0152. The van der Waals surface area contributed by atoms with Crippen LogP contribution in [0.4, 0.5) is 14.6 Å². The van der Waals surface area contributed by atoms with Gasteiger partial charge in [-0.3, -0.25) is 9.78 Å². The Morgan fingerprint density at radius 1 is 1.18 bits per heavy atom. The minimum Gasteiger partial charge on any atom is -0.360 e. The lowest BCUT2D eigenvalue weighted by Gasteiger charge is -2.04. The lowest BCUT2D eigenvalue weighted by molar-refractivity contribution is -0.113. The van der Waals surface area contributed by atoms with Gasteiger partial charge in [-0.25, -0.2) is 17.2 Å². The first-order chi connectivity index (χ1) is 15.7. The van der Waals surface area contributed by atoms with Gasteiger partial charge in [0.05, 0.1) is 15.8 Å². The van der Waals surface area contributed by atoms with Gasteiger partial charge in [0.2, 0.25) is 5.91 Å². The van der Waals surface area contributed by atoms with Crippen LogP contribution >= 0.6 is 0 Å². The number of rotatable bonds is 4. The van der Waals surface area contributed by atoms with E-state index in [9.17, 15) is 22.0 Å². The number of hydrogen-bond acceptors (Lipinski definition) is 6. The van der Waals surface area contributed by atoms with Crippen LogP contribution in [0.1, 0.15) is 25.2 Å². The zero-order valence-corrected chi connectivity index (χ0v) is 19.3. The standard InChI is InChI=1S/C14H11F2N3O4S.C6H7N.C2H6/c1-7-2-12(19-23-7)18-13(20)6-24(21,22)11-5-17-10-4-8(15)3-9(16)14(10)11;1-6-3-2-4-7-5-6;1-2/h2-5,17H,6H2,1H3,(H,18,19,20);2-5H,1H3;1-2H3. The number of aromatic amines is 1. The number of halogens is 2. The molecule has 0 aliphatic rings. The number of carbonyl (C=O) groups excluding carboxylic acids is 1. The molecule has 0 aliphatic carbocycles. The van der Waals surface area contributed by atoms with Crippen molar-refractivity contribution in [1.29, 1.82) is 0 Å². The molecule has 0 fully saturated rings. The van der Waals surface area contributed by atoms with E-state index in [-0.39, 0.29) is 16.7 Å². The number of amides is 1. The summed E-state index contributed by atoms with van der Waals surface area (Å²) in [5.74, 6) is -3.15. The summed E-state index contributed by atoms with van der Waals surface area (Å²) in [6, 6.07) is 6.91. The molecular formula is C22H24F2N4O4S. The van der Waals surface area contributed by atoms with Crippen molar-refractivity contribution in [3.05, 3.63) is 71.9 Å². The van der Waals surface area contributed by atoms with E-state index in [1.54, 1.807) is 13.1 Å². The number of aromatic nitrogens is 3. The van der Waals surface area contributed by atoms with Crippen molar-refractivity contribution in [3.63, 3.8) is 0 Å². The highest BCUT2D eigenvalue weighted by atomic mass is 32.2. The highest BCUT2D eigenvalue weighted by Gasteiger charge is 2.25. The largest absolute Gasteiger partial charge is 0.360 e. The van der Waals surface area contributed by atoms with Crippen LogP contribution < -0.4 is 5.32 Å². The van der Waals surface area contributed by atoms with Gasteiger partial charge in [0.1, 0.15) is 23.1 Å². The molecule has 1 aromatic carbocycles. The normalized spacial score (nSPS) is 10.6. The summed E-state index contributed by atoms with van der Waals surface area (Å²) >= 11 is 0. The van der Waals surface area contributed by atoms with Crippen LogP contribution in [0.25, 0.3) is 10.9 Å². The van der Waals surface area contributed by atoms with E-state index in [4.69, 9.17) is 4.52 Å². The van der Waals surface area contributed by atoms with Crippen molar-refractivity contribution in [3.8, 4) is 0 Å². The number of nitrogens with one attached hydrogen (secondary N) is 2. The van der Waals surface area contributed by atoms with Crippen molar-refractivity contribution in [1.82, 2.24) is 15.1 Å². The average Bonchev–Trinajstić information content (AvgIpc) is 3.36. The zero-order chi connectivity index (χ0) is 24.6. The van der Waals surface area contributed by atoms with Gasteiger partial charge in [-0.15, -0.1) is 0 Å². The second kappa shape index (κ2) is 11.3. The smallest absolute Gasteiger partial charge is 0.241 e. The number of hydrogen-bond donors (Lipinski definition) is 2. The SMILES string of the molecule is CC.Cc1cc(NC(=O)CS(=O)(=O)c2c[nH]c3cc(F)cc(F)c23)no1.Cc1cccnc1. The number of fused-ring (bicyclic) bond motifs is 1. The van der Waals surface area contributed by atoms with Crippen molar-refractivity contribution in [2.24, 2.45) is 0 Å². The van der Waals surface area contributed by atoms with Gasteiger partial charge in [-0.1, -0.05) is 25.1 Å². The number of pyridine rings is 1. The summed E-state index contributed by atoms with van der Waals surface area (Å²) in [5.41, 5.74) is 1.20. The van der Waals surface area contributed by atoms with Crippen LogP contribution in [0.3, 0.4) is 0 Å². The monoisotopic (exact) mass is 478 g/mol. The van der Waals surface area contributed by atoms with Crippen molar-refractivity contribution >= 4 is 32.5 Å². The minimum atomic E-state index is -4.16. The first-order valence-corrected chi connectivity index (χ1v) is 11.6. The van der Waals surface area contributed by atoms with E-state index in [0.29, 0.717) is 11.8 Å². The van der Waals surface area contributed by atoms with E-state index < -0.39 is 38.0 Å². The quantitative estimate of drug-likeness (QED) is 0.444. The average molecular weight is 479 g/mol. The van der Waals surface area contributed by atoms with Crippen LogP contribution in [0.15, 0.2) is 58.3 Å². The Balaban J connectivity index is 0.000000362. The third kappa shape index (κ3) is 6.94. The molecule has 0 unspecified atom stereocenters. The molecule has 1 amide bonds. The Bertz CT molecular complexity index is 1320. The van der Waals surface area contributed by atoms with Gasteiger partial charge in [0.15, 0.2) is 15.7 Å². The fraction of sp³-hybridized carbons (Fsp3) is 0.227. The molecule has 11 heteroatoms. The number of aryl methyl sites for hydroxylation is 2. The van der Waals surface area contributed by atoms with Crippen molar-refractivity contribution < 1.29 is 26.5 Å². The van der Waals surface area contributed by atoms with E-state index in [1.807, 2.05) is 39.1 Å². The molecule has 33 heavy (non-hydrogen) atoms. The number of H-pyrrole nitrogens is 1. The summed E-state index contributed by atoms with van der Waals surface area (Å²) in [4.78, 5) is 17.8. The second-order valence-electron chi connectivity index (χ2n) is 6.62. The number of benzene rings is 1. The van der Waals surface area contributed by atoms with Gasteiger partial charge >= 0.3 is 0 Å². The topological polar surface area (TPSA) is 118 Å². The maximum atomic E-state index is 13.9. The Kier molecular flexibility index (Phi) is 8.80.